The maximum atomic E-state index is 12.8. The Hall–Kier alpha value is -3.17. The van der Waals surface area contributed by atoms with Crippen molar-refractivity contribution < 1.29 is 24.1 Å². The number of rotatable bonds is 10. The first-order valence-corrected chi connectivity index (χ1v) is 9.40. The van der Waals surface area contributed by atoms with Crippen molar-refractivity contribution >= 4 is 11.5 Å². The summed E-state index contributed by atoms with van der Waals surface area (Å²) in [4.78, 5) is 11.8. The lowest BCUT2D eigenvalue weighted by Gasteiger charge is -2.12. The van der Waals surface area contributed by atoms with Crippen LogP contribution in [0, 0.1) is 5.82 Å². The van der Waals surface area contributed by atoms with E-state index in [2.05, 4.69) is 22.1 Å². The first-order valence-electron chi connectivity index (χ1n) is 9.40. The van der Waals surface area contributed by atoms with Crippen molar-refractivity contribution in [3.05, 3.63) is 66.8 Å². The van der Waals surface area contributed by atoms with Crippen LogP contribution in [-0.4, -0.2) is 48.6 Å². The molecule has 8 nitrogen and oxygen atoms in total. The third-order valence-corrected chi connectivity index (χ3v) is 3.97. The summed E-state index contributed by atoms with van der Waals surface area (Å²) >= 11 is 0. The lowest BCUT2D eigenvalue weighted by molar-refractivity contribution is -0.136. The van der Waals surface area contributed by atoms with Gasteiger partial charge in [-0.1, -0.05) is 30.9 Å². The molecule has 1 heterocycles. The fourth-order valence-corrected chi connectivity index (χ4v) is 2.50. The molecule has 2 atom stereocenters. The van der Waals surface area contributed by atoms with Gasteiger partial charge in [-0.3, -0.25) is 4.79 Å². The molecule has 2 unspecified atom stereocenters. The van der Waals surface area contributed by atoms with Gasteiger partial charge in [-0.15, -0.1) is 5.10 Å². The van der Waals surface area contributed by atoms with E-state index in [-0.39, 0.29) is 24.6 Å². The van der Waals surface area contributed by atoms with Gasteiger partial charge in [-0.25, -0.2) is 9.07 Å². The lowest BCUT2D eigenvalue weighted by atomic mass is 10.1. The van der Waals surface area contributed by atoms with E-state index in [4.69, 9.17) is 4.74 Å². The SMILES string of the molecule is C=C(C=CC=CC(O)CC(O)CC(=O)Oc1ccc(F)cc1)c1nnnn1C(C)C. The van der Waals surface area contributed by atoms with Crippen molar-refractivity contribution in [3.8, 4) is 5.75 Å². The predicted molar refractivity (Wildman–Crippen MR) is 109 cm³/mol. The minimum Gasteiger partial charge on any atom is -0.426 e. The van der Waals surface area contributed by atoms with Crippen molar-refractivity contribution in [1.82, 2.24) is 20.2 Å². The van der Waals surface area contributed by atoms with Gasteiger partial charge in [0.25, 0.3) is 0 Å². The summed E-state index contributed by atoms with van der Waals surface area (Å²) in [7, 11) is 0. The summed E-state index contributed by atoms with van der Waals surface area (Å²) in [5, 5.41) is 31.4. The monoisotopic (exact) mass is 416 g/mol. The number of aromatic nitrogens is 4. The molecule has 0 saturated carbocycles. The van der Waals surface area contributed by atoms with Gasteiger partial charge in [0.05, 0.1) is 24.7 Å². The Labute approximate surface area is 174 Å². The highest BCUT2D eigenvalue weighted by Crippen LogP contribution is 2.15. The fourth-order valence-electron chi connectivity index (χ4n) is 2.50. The number of tetrazole rings is 1. The highest BCUT2D eigenvalue weighted by molar-refractivity contribution is 5.72. The van der Waals surface area contributed by atoms with Crippen LogP contribution in [0.5, 0.6) is 5.75 Å². The second-order valence-corrected chi connectivity index (χ2v) is 6.90. The molecular weight excluding hydrogens is 391 g/mol. The summed E-state index contributed by atoms with van der Waals surface area (Å²) in [6, 6.07) is 5.06. The van der Waals surface area contributed by atoms with Crippen LogP contribution in [0.4, 0.5) is 4.39 Å². The molecule has 0 amide bonds. The predicted octanol–water partition coefficient (Wildman–Crippen LogP) is 2.63. The van der Waals surface area contributed by atoms with Gasteiger partial charge in [0.15, 0.2) is 5.82 Å². The minimum atomic E-state index is -1.09. The number of halogens is 1. The number of benzene rings is 1. The molecule has 0 aliphatic rings. The second-order valence-electron chi connectivity index (χ2n) is 6.90. The van der Waals surface area contributed by atoms with Gasteiger partial charge in [0.1, 0.15) is 11.6 Å². The van der Waals surface area contributed by atoms with E-state index in [9.17, 15) is 19.4 Å². The maximum absolute atomic E-state index is 12.8. The molecule has 0 radical (unpaired) electrons. The van der Waals surface area contributed by atoms with Crippen molar-refractivity contribution in [1.29, 1.82) is 0 Å². The summed E-state index contributed by atoms with van der Waals surface area (Å²) in [6.45, 7) is 7.82. The van der Waals surface area contributed by atoms with Crippen LogP contribution in [0.1, 0.15) is 38.6 Å². The number of carbonyl (C=O) groups excluding carboxylic acids is 1. The topological polar surface area (TPSA) is 110 Å². The fraction of sp³-hybridized carbons (Fsp3) is 0.333. The smallest absolute Gasteiger partial charge is 0.313 e. The summed E-state index contributed by atoms with van der Waals surface area (Å²) in [5.74, 6) is -0.390. The van der Waals surface area contributed by atoms with Crippen LogP contribution in [0.15, 0.2) is 55.1 Å². The Morgan fingerprint density at radius 3 is 2.63 bits per heavy atom. The molecule has 1 aromatic carbocycles. The van der Waals surface area contributed by atoms with Crippen LogP contribution in [0.3, 0.4) is 0 Å². The van der Waals surface area contributed by atoms with E-state index in [0.29, 0.717) is 11.4 Å². The number of esters is 1. The molecule has 30 heavy (non-hydrogen) atoms. The highest BCUT2D eigenvalue weighted by atomic mass is 19.1. The quantitative estimate of drug-likeness (QED) is 0.348. The minimum absolute atomic E-state index is 0.0462. The molecule has 0 bridgehead atoms. The third kappa shape index (κ3) is 7.34. The first kappa shape index (κ1) is 23.1. The number of aliphatic hydroxyl groups excluding tert-OH is 2. The molecule has 2 aromatic rings. The van der Waals surface area contributed by atoms with E-state index in [0.717, 1.165) is 0 Å². The van der Waals surface area contributed by atoms with Crippen LogP contribution in [0.2, 0.25) is 0 Å². The summed E-state index contributed by atoms with van der Waals surface area (Å²) in [5.41, 5.74) is 0.608. The number of aliphatic hydroxyl groups is 2. The lowest BCUT2D eigenvalue weighted by Crippen LogP contribution is -2.22. The van der Waals surface area contributed by atoms with Gasteiger partial charge >= 0.3 is 5.97 Å². The molecule has 2 rings (SSSR count). The highest BCUT2D eigenvalue weighted by Gasteiger charge is 2.16. The molecule has 0 spiro atoms. The number of ether oxygens (including phenoxy) is 1. The molecule has 1 aromatic heterocycles. The zero-order valence-corrected chi connectivity index (χ0v) is 16.8. The van der Waals surface area contributed by atoms with Gasteiger partial charge in [-0.05, 0) is 48.5 Å². The van der Waals surface area contributed by atoms with E-state index < -0.39 is 24.0 Å². The Morgan fingerprint density at radius 2 is 1.97 bits per heavy atom. The van der Waals surface area contributed by atoms with Crippen molar-refractivity contribution in [2.45, 2.75) is 44.9 Å². The van der Waals surface area contributed by atoms with Gasteiger partial charge in [0.2, 0.25) is 0 Å². The number of nitrogens with zero attached hydrogens (tertiary/aromatic N) is 4. The average molecular weight is 416 g/mol. The molecule has 9 heteroatoms. The van der Waals surface area contributed by atoms with E-state index >= 15 is 0 Å². The van der Waals surface area contributed by atoms with Gasteiger partial charge in [-0.2, -0.15) is 0 Å². The zero-order valence-electron chi connectivity index (χ0n) is 16.8. The van der Waals surface area contributed by atoms with Gasteiger partial charge in [0, 0.05) is 12.0 Å². The van der Waals surface area contributed by atoms with Crippen LogP contribution < -0.4 is 4.74 Å². The number of hydrogen-bond acceptors (Lipinski definition) is 7. The molecule has 0 fully saturated rings. The van der Waals surface area contributed by atoms with E-state index in [1.807, 2.05) is 13.8 Å². The Kier molecular flexibility index (Phi) is 8.57. The summed E-state index contributed by atoms with van der Waals surface area (Å²) in [6.07, 6.45) is 4.05. The maximum Gasteiger partial charge on any atom is 0.313 e. The number of hydrogen-bond donors (Lipinski definition) is 2. The van der Waals surface area contributed by atoms with Crippen molar-refractivity contribution in [2.24, 2.45) is 0 Å². The largest absolute Gasteiger partial charge is 0.426 e. The van der Waals surface area contributed by atoms with Crippen molar-refractivity contribution in [2.75, 3.05) is 0 Å². The standard InChI is InChI=1S/C21H25FN4O4/c1-14(2)26-21(23-24-25-26)15(3)6-4-5-7-17(27)12-18(28)13-20(29)30-19-10-8-16(22)9-11-19/h4-11,14,17-18,27-28H,3,12-13H2,1-2H3. The molecule has 0 saturated heterocycles. The van der Waals surface area contributed by atoms with Crippen molar-refractivity contribution in [3.63, 3.8) is 0 Å². The Bertz CT molecular complexity index is 906. The first-order chi connectivity index (χ1) is 14.3. The number of carbonyl (C=O) groups is 1. The third-order valence-electron chi connectivity index (χ3n) is 3.97. The molecule has 0 aliphatic heterocycles. The van der Waals surface area contributed by atoms with E-state index in [1.165, 1.54) is 30.3 Å². The van der Waals surface area contributed by atoms with Crippen LogP contribution in [-0.2, 0) is 4.79 Å². The molecule has 160 valence electrons. The normalized spacial score (nSPS) is 13.8. The average Bonchev–Trinajstić information content (AvgIpc) is 3.17. The van der Waals surface area contributed by atoms with E-state index in [1.54, 1.807) is 22.9 Å². The summed E-state index contributed by atoms with van der Waals surface area (Å²) < 4.78 is 19.5. The number of allylic oxidation sites excluding steroid dienone is 4. The zero-order chi connectivity index (χ0) is 22.1. The molecule has 0 aliphatic carbocycles. The molecule has 2 N–H and O–H groups in total. The van der Waals surface area contributed by atoms with Crippen LogP contribution in [0.25, 0.3) is 5.57 Å². The Balaban J connectivity index is 1.77. The molecular formula is C21H25FN4O4. The van der Waals surface area contributed by atoms with Gasteiger partial charge < -0.3 is 14.9 Å². The van der Waals surface area contributed by atoms with Crippen LogP contribution >= 0.6 is 0 Å². The second kappa shape index (κ2) is 11.1. The Morgan fingerprint density at radius 1 is 1.27 bits per heavy atom.